The summed E-state index contributed by atoms with van der Waals surface area (Å²) in [6.07, 6.45) is 0.816. The highest BCUT2D eigenvalue weighted by Gasteiger charge is 2.16. The number of thiocarbonyl (C=S) groups is 1. The van der Waals surface area contributed by atoms with E-state index in [0.717, 1.165) is 23.2 Å². The van der Waals surface area contributed by atoms with Crippen LogP contribution < -0.4 is 10.5 Å². The van der Waals surface area contributed by atoms with E-state index in [1.54, 1.807) is 12.1 Å². The van der Waals surface area contributed by atoms with Crippen molar-refractivity contribution in [3.05, 3.63) is 45.6 Å². The van der Waals surface area contributed by atoms with E-state index in [1.165, 1.54) is 0 Å². The Balaban J connectivity index is 2.44. The van der Waals surface area contributed by atoms with Crippen LogP contribution in [0.4, 0.5) is 0 Å². The summed E-state index contributed by atoms with van der Waals surface area (Å²) in [5, 5.41) is 8.84. The lowest BCUT2D eigenvalue weighted by atomic mass is 10.1. The number of hydrogen-bond acceptors (Lipinski definition) is 4. The number of nitrogens with two attached hydrogens (primary N) is 1. The second-order valence-electron chi connectivity index (χ2n) is 4.66. The Kier molecular flexibility index (Phi) is 4.75. The number of halogens is 1. The fraction of sp³-hybridized carbons (Fsp3) is 0.267. The van der Waals surface area contributed by atoms with Crippen LogP contribution in [0, 0.1) is 13.8 Å². The van der Waals surface area contributed by atoms with Gasteiger partial charge in [0.15, 0.2) is 0 Å². The summed E-state index contributed by atoms with van der Waals surface area (Å²) >= 11 is 11.2. The molecule has 1 aromatic heterocycles. The van der Waals surface area contributed by atoms with Crippen molar-refractivity contribution < 1.29 is 4.74 Å². The molecule has 1 heterocycles. The van der Waals surface area contributed by atoms with Gasteiger partial charge < -0.3 is 10.5 Å². The van der Waals surface area contributed by atoms with Crippen molar-refractivity contribution in [3.63, 3.8) is 0 Å². The monoisotopic (exact) mass is 321 g/mol. The highest BCUT2D eigenvalue weighted by molar-refractivity contribution is 7.80. The summed E-state index contributed by atoms with van der Waals surface area (Å²) in [6.45, 7) is 5.78. The van der Waals surface area contributed by atoms with Gasteiger partial charge in [0.2, 0.25) is 5.88 Å². The Hall–Kier alpha value is -1.72. The summed E-state index contributed by atoms with van der Waals surface area (Å²) in [5.41, 5.74) is 9.05. The van der Waals surface area contributed by atoms with E-state index in [-0.39, 0.29) is 4.99 Å². The lowest BCUT2D eigenvalue weighted by Crippen LogP contribution is -2.15. The van der Waals surface area contributed by atoms with Crippen molar-refractivity contribution in [2.24, 2.45) is 5.73 Å². The zero-order chi connectivity index (χ0) is 15.6. The summed E-state index contributed by atoms with van der Waals surface area (Å²) in [4.78, 5) is 0.241. The molecule has 0 aliphatic carbocycles. The maximum Gasteiger partial charge on any atom is 0.249 e. The number of benzene rings is 1. The molecule has 0 spiro atoms. The van der Waals surface area contributed by atoms with Gasteiger partial charge in [-0.05, 0) is 49.6 Å². The SMILES string of the molecule is CCc1cc(Oc2nnc(C)c(C)c2C(N)=S)ccc1Cl. The summed E-state index contributed by atoms with van der Waals surface area (Å²) < 4.78 is 5.80. The minimum absolute atomic E-state index is 0.241. The van der Waals surface area contributed by atoms with Gasteiger partial charge in [0.1, 0.15) is 10.7 Å². The molecular weight excluding hydrogens is 306 g/mol. The van der Waals surface area contributed by atoms with E-state index in [9.17, 15) is 0 Å². The molecule has 110 valence electrons. The molecule has 0 aliphatic heterocycles. The van der Waals surface area contributed by atoms with Gasteiger partial charge in [0.25, 0.3) is 0 Å². The van der Waals surface area contributed by atoms with Crippen LogP contribution in [0.5, 0.6) is 11.6 Å². The Bertz CT molecular complexity index is 704. The minimum Gasteiger partial charge on any atom is -0.437 e. The Labute approximate surface area is 134 Å². The minimum atomic E-state index is 0.241. The summed E-state index contributed by atoms with van der Waals surface area (Å²) in [7, 11) is 0. The molecule has 21 heavy (non-hydrogen) atoms. The molecule has 0 saturated heterocycles. The molecule has 0 unspecified atom stereocenters. The average Bonchev–Trinajstić information content (AvgIpc) is 2.44. The third kappa shape index (κ3) is 3.31. The molecule has 0 fully saturated rings. The highest BCUT2D eigenvalue weighted by Crippen LogP contribution is 2.29. The topological polar surface area (TPSA) is 61.0 Å². The predicted molar refractivity (Wildman–Crippen MR) is 88.3 cm³/mol. The first-order valence-electron chi connectivity index (χ1n) is 6.54. The first kappa shape index (κ1) is 15.7. The Morgan fingerprint density at radius 3 is 2.67 bits per heavy atom. The number of aryl methyl sites for hydroxylation is 2. The normalized spacial score (nSPS) is 10.5. The van der Waals surface area contributed by atoms with Crippen LogP contribution in [-0.4, -0.2) is 15.2 Å². The first-order chi connectivity index (χ1) is 9.93. The van der Waals surface area contributed by atoms with Crippen LogP contribution in [0.2, 0.25) is 5.02 Å². The second-order valence-corrected chi connectivity index (χ2v) is 5.51. The third-order valence-electron chi connectivity index (χ3n) is 3.28. The number of ether oxygens (including phenoxy) is 1. The van der Waals surface area contributed by atoms with Crippen LogP contribution in [0.25, 0.3) is 0 Å². The van der Waals surface area contributed by atoms with E-state index in [2.05, 4.69) is 10.2 Å². The molecule has 2 N–H and O–H groups in total. The maximum absolute atomic E-state index is 6.10. The maximum atomic E-state index is 6.10. The van der Waals surface area contributed by atoms with Crippen molar-refractivity contribution in [2.75, 3.05) is 0 Å². The molecule has 0 saturated carbocycles. The van der Waals surface area contributed by atoms with E-state index in [4.69, 9.17) is 34.3 Å². The van der Waals surface area contributed by atoms with Crippen molar-refractivity contribution in [1.82, 2.24) is 10.2 Å². The number of aromatic nitrogens is 2. The van der Waals surface area contributed by atoms with E-state index >= 15 is 0 Å². The van der Waals surface area contributed by atoms with E-state index in [0.29, 0.717) is 22.2 Å². The van der Waals surface area contributed by atoms with Crippen LogP contribution in [0.3, 0.4) is 0 Å². The number of nitrogens with zero attached hydrogens (tertiary/aromatic N) is 2. The van der Waals surface area contributed by atoms with Gasteiger partial charge >= 0.3 is 0 Å². The predicted octanol–water partition coefficient (Wildman–Crippen LogP) is 3.74. The fourth-order valence-corrected chi connectivity index (χ4v) is 2.44. The quantitative estimate of drug-likeness (QED) is 0.869. The van der Waals surface area contributed by atoms with Gasteiger partial charge in [-0.25, -0.2) is 0 Å². The van der Waals surface area contributed by atoms with Gasteiger partial charge in [-0.2, -0.15) is 5.10 Å². The molecule has 0 radical (unpaired) electrons. The van der Waals surface area contributed by atoms with Crippen molar-refractivity contribution in [2.45, 2.75) is 27.2 Å². The van der Waals surface area contributed by atoms with E-state index in [1.807, 2.05) is 26.8 Å². The zero-order valence-electron chi connectivity index (χ0n) is 12.1. The van der Waals surface area contributed by atoms with Crippen molar-refractivity contribution in [3.8, 4) is 11.6 Å². The molecule has 2 rings (SSSR count). The molecule has 0 amide bonds. The molecule has 0 atom stereocenters. The molecule has 0 aliphatic rings. The van der Waals surface area contributed by atoms with Crippen molar-refractivity contribution in [1.29, 1.82) is 0 Å². The van der Waals surface area contributed by atoms with E-state index < -0.39 is 0 Å². The Morgan fingerprint density at radius 1 is 1.33 bits per heavy atom. The van der Waals surface area contributed by atoms with Crippen LogP contribution in [0.15, 0.2) is 18.2 Å². The van der Waals surface area contributed by atoms with Gasteiger partial charge in [0.05, 0.1) is 11.3 Å². The third-order valence-corrected chi connectivity index (χ3v) is 3.85. The lowest BCUT2D eigenvalue weighted by molar-refractivity contribution is 0.452. The van der Waals surface area contributed by atoms with Crippen LogP contribution >= 0.6 is 23.8 Å². The van der Waals surface area contributed by atoms with Gasteiger partial charge in [-0.1, -0.05) is 30.7 Å². The lowest BCUT2D eigenvalue weighted by Gasteiger charge is -2.13. The molecule has 4 nitrogen and oxygen atoms in total. The van der Waals surface area contributed by atoms with Crippen LogP contribution in [0.1, 0.15) is 29.3 Å². The Morgan fingerprint density at radius 2 is 2.05 bits per heavy atom. The summed E-state index contributed by atoms with van der Waals surface area (Å²) in [5.74, 6) is 0.946. The molecular formula is C15H16ClN3OS. The molecule has 2 aromatic rings. The highest BCUT2D eigenvalue weighted by atomic mass is 35.5. The zero-order valence-corrected chi connectivity index (χ0v) is 13.7. The molecule has 1 aromatic carbocycles. The molecule has 6 heteroatoms. The number of hydrogen-bond donors (Lipinski definition) is 1. The second kappa shape index (κ2) is 6.37. The van der Waals surface area contributed by atoms with Crippen molar-refractivity contribution >= 4 is 28.8 Å². The van der Waals surface area contributed by atoms with Gasteiger partial charge in [-0.15, -0.1) is 5.10 Å². The smallest absolute Gasteiger partial charge is 0.249 e. The largest absolute Gasteiger partial charge is 0.437 e. The van der Waals surface area contributed by atoms with Gasteiger partial charge in [-0.3, -0.25) is 0 Å². The standard InChI is InChI=1S/C15H16ClN3OS/c1-4-10-7-11(5-6-12(10)16)20-15-13(14(17)21)8(2)9(3)18-19-15/h5-7H,4H2,1-3H3,(H2,17,21). The van der Waals surface area contributed by atoms with Gasteiger partial charge in [0, 0.05) is 5.02 Å². The average molecular weight is 322 g/mol. The summed E-state index contributed by atoms with van der Waals surface area (Å²) in [6, 6.07) is 5.45. The van der Waals surface area contributed by atoms with Crippen LogP contribution in [-0.2, 0) is 6.42 Å². The fourth-order valence-electron chi connectivity index (χ4n) is 1.95. The number of rotatable bonds is 4. The first-order valence-corrected chi connectivity index (χ1v) is 7.32. The molecule has 0 bridgehead atoms.